The van der Waals surface area contributed by atoms with Gasteiger partial charge in [0.25, 0.3) is 5.91 Å². The quantitative estimate of drug-likeness (QED) is 0.585. The lowest BCUT2D eigenvalue weighted by molar-refractivity contribution is 0.0953. The van der Waals surface area contributed by atoms with Crippen molar-refractivity contribution in [3.05, 3.63) is 52.5 Å². The van der Waals surface area contributed by atoms with E-state index in [-0.39, 0.29) is 23.1 Å². The number of hydrogen-bond acceptors (Lipinski definition) is 5. The van der Waals surface area contributed by atoms with Crippen LogP contribution in [0.3, 0.4) is 0 Å². The van der Waals surface area contributed by atoms with Crippen LogP contribution in [0.5, 0.6) is 11.5 Å². The molecule has 0 spiro atoms. The molecule has 2 aromatic carbocycles. The second-order valence-corrected chi connectivity index (χ2v) is 8.63. The number of hydrogen-bond donors (Lipinski definition) is 1. The first-order valence-electron chi connectivity index (χ1n) is 8.45. The molecule has 6 nitrogen and oxygen atoms in total. The molecule has 146 valence electrons. The van der Waals surface area contributed by atoms with E-state index in [1.165, 1.54) is 7.11 Å². The second-order valence-electron chi connectivity index (χ2n) is 5.66. The molecule has 0 aliphatic rings. The van der Waals surface area contributed by atoms with E-state index in [9.17, 15) is 13.2 Å². The van der Waals surface area contributed by atoms with Crippen LogP contribution in [0, 0.1) is 0 Å². The third-order valence-electron chi connectivity index (χ3n) is 3.76. The van der Waals surface area contributed by atoms with Crippen LogP contribution < -0.4 is 14.8 Å². The maximum atomic E-state index is 12.4. The number of carbonyl (C=O) groups is 1. The summed E-state index contributed by atoms with van der Waals surface area (Å²) in [5.74, 6) is 0.635. The molecule has 0 saturated carbocycles. The van der Waals surface area contributed by atoms with E-state index in [1.54, 1.807) is 42.5 Å². The van der Waals surface area contributed by atoms with Gasteiger partial charge in [0.2, 0.25) is 0 Å². The van der Waals surface area contributed by atoms with E-state index < -0.39 is 9.84 Å². The van der Waals surface area contributed by atoms with E-state index in [4.69, 9.17) is 9.47 Å². The molecule has 0 aromatic heterocycles. The highest BCUT2D eigenvalue weighted by Gasteiger charge is 2.16. The maximum absolute atomic E-state index is 12.4. The topological polar surface area (TPSA) is 81.7 Å². The predicted octanol–water partition coefficient (Wildman–Crippen LogP) is 3.45. The summed E-state index contributed by atoms with van der Waals surface area (Å²) in [6.07, 6.45) is 0.318. The lowest BCUT2D eigenvalue weighted by atomic mass is 10.2. The molecule has 1 amide bonds. The fourth-order valence-electron chi connectivity index (χ4n) is 2.45. The lowest BCUT2D eigenvalue weighted by Gasteiger charge is -2.13. The van der Waals surface area contributed by atoms with Crippen LogP contribution in [-0.4, -0.2) is 40.3 Å². The van der Waals surface area contributed by atoms with Gasteiger partial charge in [-0.25, -0.2) is 8.42 Å². The van der Waals surface area contributed by atoms with Gasteiger partial charge in [0.05, 0.1) is 28.8 Å². The first-order chi connectivity index (χ1) is 12.9. The molecule has 2 rings (SSSR count). The fraction of sp³-hybridized carbons (Fsp3) is 0.316. The van der Waals surface area contributed by atoms with Gasteiger partial charge in [-0.3, -0.25) is 4.79 Å². The number of carbonyl (C=O) groups excluding carboxylic acids is 1. The third-order valence-corrected chi connectivity index (χ3v) is 6.16. The smallest absolute Gasteiger partial charge is 0.251 e. The minimum atomic E-state index is -3.35. The number of methoxy groups -OCH3 is 1. The van der Waals surface area contributed by atoms with E-state index in [2.05, 4.69) is 21.2 Å². The Bertz CT molecular complexity index is 884. The molecule has 8 heteroatoms. The highest BCUT2D eigenvalue weighted by Crippen LogP contribution is 2.36. The summed E-state index contributed by atoms with van der Waals surface area (Å²) >= 11 is 3.38. The minimum absolute atomic E-state index is 0.0341. The van der Waals surface area contributed by atoms with Gasteiger partial charge in [-0.15, -0.1) is 0 Å². The molecule has 0 radical (unpaired) electrons. The fourth-order valence-corrected chi connectivity index (χ4v) is 4.34. The van der Waals surface area contributed by atoms with Gasteiger partial charge in [-0.05, 0) is 53.5 Å². The SMILES string of the molecule is CCOc1c(Br)cc(C(=O)NCCCS(=O)(=O)c2ccccc2)cc1OC. The Labute approximate surface area is 167 Å². The molecule has 1 N–H and O–H groups in total. The summed E-state index contributed by atoms with van der Waals surface area (Å²) < 4.78 is 35.8. The third kappa shape index (κ3) is 5.71. The van der Waals surface area contributed by atoms with Crippen molar-refractivity contribution in [1.82, 2.24) is 5.32 Å². The van der Waals surface area contributed by atoms with Crippen molar-refractivity contribution in [2.24, 2.45) is 0 Å². The van der Waals surface area contributed by atoms with Crippen molar-refractivity contribution in [2.45, 2.75) is 18.2 Å². The molecule has 0 atom stereocenters. The summed E-state index contributed by atoms with van der Waals surface area (Å²) in [5.41, 5.74) is 0.396. The van der Waals surface area contributed by atoms with Gasteiger partial charge < -0.3 is 14.8 Å². The van der Waals surface area contributed by atoms with E-state index in [0.29, 0.717) is 34.6 Å². The first kappa shape index (κ1) is 21.2. The molecule has 0 bridgehead atoms. The molecule has 0 saturated heterocycles. The number of rotatable bonds is 9. The van der Waals surface area contributed by atoms with Crippen LogP contribution in [0.4, 0.5) is 0 Å². The lowest BCUT2D eigenvalue weighted by Crippen LogP contribution is -2.26. The molecule has 27 heavy (non-hydrogen) atoms. The zero-order valence-electron chi connectivity index (χ0n) is 15.2. The number of sulfone groups is 1. The number of benzene rings is 2. The predicted molar refractivity (Wildman–Crippen MR) is 107 cm³/mol. The Balaban J connectivity index is 1.95. The van der Waals surface area contributed by atoms with E-state index in [1.807, 2.05) is 6.92 Å². The van der Waals surface area contributed by atoms with Crippen LogP contribution in [0.15, 0.2) is 51.8 Å². The van der Waals surface area contributed by atoms with Gasteiger partial charge in [0.15, 0.2) is 21.3 Å². The zero-order valence-corrected chi connectivity index (χ0v) is 17.6. The Morgan fingerprint density at radius 2 is 1.89 bits per heavy atom. The van der Waals surface area contributed by atoms with Crippen molar-refractivity contribution in [3.8, 4) is 11.5 Å². The number of ether oxygens (including phenoxy) is 2. The molecule has 0 heterocycles. The Morgan fingerprint density at radius 1 is 1.19 bits per heavy atom. The Morgan fingerprint density at radius 3 is 2.52 bits per heavy atom. The van der Waals surface area contributed by atoms with Crippen molar-refractivity contribution < 1.29 is 22.7 Å². The van der Waals surface area contributed by atoms with Crippen LogP contribution in [0.25, 0.3) is 0 Å². The summed E-state index contributed by atoms with van der Waals surface area (Å²) in [4.78, 5) is 12.6. The van der Waals surface area contributed by atoms with Crippen molar-refractivity contribution in [1.29, 1.82) is 0 Å². The Kier molecular flexibility index (Phi) is 7.67. The summed E-state index contributed by atoms with van der Waals surface area (Å²) in [6, 6.07) is 11.5. The van der Waals surface area contributed by atoms with Crippen LogP contribution in [0.1, 0.15) is 23.7 Å². The second kappa shape index (κ2) is 9.75. The van der Waals surface area contributed by atoms with Gasteiger partial charge in [-0.2, -0.15) is 0 Å². The molecular formula is C19H22BrNO5S. The molecular weight excluding hydrogens is 434 g/mol. The van der Waals surface area contributed by atoms with E-state index in [0.717, 1.165) is 0 Å². The molecule has 0 fully saturated rings. The first-order valence-corrected chi connectivity index (χ1v) is 10.9. The zero-order chi connectivity index (χ0) is 19.9. The highest BCUT2D eigenvalue weighted by atomic mass is 79.9. The van der Waals surface area contributed by atoms with Crippen LogP contribution in [-0.2, 0) is 9.84 Å². The van der Waals surface area contributed by atoms with Crippen molar-refractivity contribution >= 4 is 31.7 Å². The highest BCUT2D eigenvalue weighted by molar-refractivity contribution is 9.10. The van der Waals surface area contributed by atoms with Gasteiger partial charge >= 0.3 is 0 Å². The van der Waals surface area contributed by atoms with Gasteiger partial charge in [0.1, 0.15) is 0 Å². The maximum Gasteiger partial charge on any atom is 0.251 e. The van der Waals surface area contributed by atoms with Crippen LogP contribution in [0.2, 0.25) is 0 Å². The Hall–Kier alpha value is -2.06. The average molecular weight is 456 g/mol. The van der Waals surface area contributed by atoms with Gasteiger partial charge in [0, 0.05) is 12.1 Å². The minimum Gasteiger partial charge on any atom is -0.493 e. The molecule has 0 aliphatic carbocycles. The monoisotopic (exact) mass is 455 g/mol. The van der Waals surface area contributed by atoms with E-state index >= 15 is 0 Å². The number of halogens is 1. The molecule has 0 unspecified atom stereocenters. The average Bonchev–Trinajstić information content (AvgIpc) is 2.67. The largest absolute Gasteiger partial charge is 0.493 e. The standard InChI is InChI=1S/C19H22BrNO5S/c1-3-26-18-16(20)12-14(13-17(18)25-2)19(22)21-10-7-11-27(23,24)15-8-5-4-6-9-15/h4-6,8-9,12-13H,3,7,10-11H2,1-2H3,(H,21,22). The van der Waals surface area contributed by atoms with Gasteiger partial charge in [-0.1, -0.05) is 18.2 Å². The molecule has 2 aromatic rings. The summed E-state index contributed by atoms with van der Waals surface area (Å²) in [6.45, 7) is 2.57. The molecule has 0 aliphatic heterocycles. The summed E-state index contributed by atoms with van der Waals surface area (Å²) in [7, 11) is -1.85. The van der Waals surface area contributed by atoms with Crippen molar-refractivity contribution in [3.63, 3.8) is 0 Å². The summed E-state index contributed by atoms with van der Waals surface area (Å²) in [5, 5.41) is 2.73. The number of nitrogens with one attached hydrogen (secondary N) is 1. The van der Waals surface area contributed by atoms with Crippen LogP contribution >= 0.6 is 15.9 Å². The number of amides is 1. The van der Waals surface area contributed by atoms with Crippen molar-refractivity contribution in [2.75, 3.05) is 26.0 Å². The normalized spacial score (nSPS) is 11.1.